The topological polar surface area (TPSA) is 71.1 Å². The maximum absolute atomic E-state index is 12.9. The van der Waals surface area contributed by atoms with Gasteiger partial charge in [0, 0.05) is 36.6 Å². The van der Waals surface area contributed by atoms with E-state index in [0.717, 1.165) is 49.2 Å². The van der Waals surface area contributed by atoms with E-state index < -0.39 is 0 Å². The summed E-state index contributed by atoms with van der Waals surface area (Å²) in [5.74, 6) is 0.841. The van der Waals surface area contributed by atoms with Crippen LogP contribution < -0.4 is 4.74 Å². The number of hydrogen-bond donors (Lipinski definition) is 1. The van der Waals surface area contributed by atoms with E-state index in [-0.39, 0.29) is 12.0 Å². The van der Waals surface area contributed by atoms with E-state index in [2.05, 4.69) is 15.2 Å². The van der Waals surface area contributed by atoms with Gasteiger partial charge in [-0.2, -0.15) is 5.10 Å². The molecule has 4 rings (SSSR count). The monoisotopic (exact) mass is 326 g/mol. The molecule has 0 bridgehead atoms. The molecule has 1 N–H and O–H groups in total. The quantitative estimate of drug-likeness (QED) is 0.879. The number of ether oxygens (including phenoxy) is 1. The molecule has 3 heterocycles. The molecule has 1 saturated heterocycles. The van der Waals surface area contributed by atoms with E-state index in [4.69, 9.17) is 4.74 Å². The number of aromatic nitrogens is 3. The number of pyridine rings is 1. The fourth-order valence-electron chi connectivity index (χ4n) is 3.60. The number of aryl methyl sites for hydroxylation is 1. The third-order valence-electron chi connectivity index (χ3n) is 4.89. The van der Waals surface area contributed by atoms with Crippen molar-refractivity contribution in [2.75, 3.05) is 13.1 Å². The Labute approximate surface area is 141 Å². The Kier molecular flexibility index (Phi) is 4.19. The van der Waals surface area contributed by atoms with Crippen molar-refractivity contribution in [2.45, 2.75) is 44.6 Å². The minimum absolute atomic E-state index is 0.0360. The van der Waals surface area contributed by atoms with Gasteiger partial charge in [0.15, 0.2) is 5.69 Å². The van der Waals surface area contributed by atoms with Gasteiger partial charge in [0.05, 0.1) is 6.54 Å². The van der Waals surface area contributed by atoms with Gasteiger partial charge in [-0.25, -0.2) is 0 Å². The molecule has 1 aliphatic carbocycles. The number of aromatic amines is 1. The van der Waals surface area contributed by atoms with Crippen molar-refractivity contribution in [2.24, 2.45) is 0 Å². The third kappa shape index (κ3) is 3.00. The van der Waals surface area contributed by atoms with Gasteiger partial charge in [-0.1, -0.05) is 6.42 Å². The summed E-state index contributed by atoms with van der Waals surface area (Å²) in [6.07, 6.45) is 9.81. The van der Waals surface area contributed by atoms with E-state index in [1.165, 1.54) is 12.8 Å². The highest BCUT2D eigenvalue weighted by Crippen LogP contribution is 2.24. The minimum atomic E-state index is 0.0360. The highest BCUT2D eigenvalue weighted by molar-refractivity contribution is 5.94. The van der Waals surface area contributed by atoms with Gasteiger partial charge in [0.25, 0.3) is 5.91 Å². The molecule has 1 aliphatic heterocycles. The summed E-state index contributed by atoms with van der Waals surface area (Å²) in [6.45, 7) is 1.33. The number of fused-ring (bicyclic) bond motifs is 1. The van der Waals surface area contributed by atoms with Crippen LogP contribution in [0.25, 0.3) is 0 Å². The van der Waals surface area contributed by atoms with Gasteiger partial charge >= 0.3 is 0 Å². The Hall–Kier alpha value is -2.37. The summed E-state index contributed by atoms with van der Waals surface area (Å²) in [6, 6.07) is 3.69. The predicted molar refractivity (Wildman–Crippen MR) is 89.0 cm³/mol. The summed E-state index contributed by atoms with van der Waals surface area (Å²) < 4.78 is 5.94. The lowest BCUT2D eigenvalue weighted by atomic mass is 10.1. The van der Waals surface area contributed by atoms with Crippen molar-refractivity contribution in [1.29, 1.82) is 0 Å². The van der Waals surface area contributed by atoms with Crippen LogP contribution in [0, 0.1) is 0 Å². The standard InChI is InChI=1S/C18H22N4O2/c23-18(17-15-4-2-1-3-5-16(15)20-21-17)22-11-8-14(12-22)24-13-6-9-19-10-7-13/h6-7,9-10,14H,1-5,8,11-12H2,(H,20,21)/t14-/m1/s1. The molecule has 1 amide bonds. The molecule has 1 fully saturated rings. The molecule has 6 nitrogen and oxygen atoms in total. The predicted octanol–water partition coefficient (Wildman–Crippen LogP) is 2.37. The van der Waals surface area contributed by atoms with E-state index in [1.54, 1.807) is 12.4 Å². The largest absolute Gasteiger partial charge is 0.488 e. The van der Waals surface area contributed by atoms with Gasteiger partial charge in [-0.3, -0.25) is 14.9 Å². The van der Waals surface area contributed by atoms with Crippen molar-refractivity contribution in [1.82, 2.24) is 20.1 Å². The molecule has 0 aromatic carbocycles. The maximum atomic E-state index is 12.9. The lowest BCUT2D eigenvalue weighted by Crippen LogP contribution is -2.31. The van der Waals surface area contributed by atoms with Crippen molar-refractivity contribution in [3.05, 3.63) is 41.5 Å². The third-order valence-corrected chi connectivity index (χ3v) is 4.89. The molecule has 24 heavy (non-hydrogen) atoms. The van der Waals surface area contributed by atoms with Crippen LogP contribution in [0.1, 0.15) is 47.4 Å². The summed E-state index contributed by atoms with van der Waals surface area (Å²) >= 11 is 0. The van der Waals surface area contributed by atoms with Crippen LogP contribution in [-0.2, 0) is 12.8 Å². The first-order valence-electron chi connectivity index (χ1n) is 8.73. The number of amides is 1. The summed E-state index contributed by atoms with van der Waals surface area (Å²) in [5.41, 5.74) is 2.91. The van der Waals surface area contributed by atoms with Gasteiger partial charge in [0.2, 0.25) is 0 Å². The lowest BCUT2D eigenvalue weighted by molar-refractivity contribution is 0.0765. The van der Waals surface area contributed by atoms with Crippen molar-refractivity contribution < 1.29 is 9.53 Å². The second-order valence-corrected chi connectivity index (χ2v) is 6.55. The molecular weight excluding hydrogens is 304 g/mol. The number of carbonyl (C=O) groups is 1. The van der Waals surface area contributed by atoms with Crippen LogP contribution in [0.3, 0.4) is 0 Å². The van der Waals surface area contributed by atoms with Gasteiger partial charge in [-0.15, -0.1) is 0 Å². The van der Waals surface area contributed by atoms with Crippen molar-refractivity contribution in [3.63, 3.8) is 0 Å². The number of carbonyl (C=O) groups excluding carboxylic acids is 1. The lowest BCUT2D eigenvalue weighted by Gasteiger charge is -2.17. The average molecular weight is 326 g/mol. The second-order valence-electron chi connectivity index (χ2n) is 6.55. The zero-order valence-corrected chi connectivity index (χ0v) is 13.7. The first-order valence-corrected chi connectivity index (χ1v) is 8.73. The maximum Gasteiger partial charge on any atom is 0.274 e. The van der Waals surface area contributed by atoms with Crippen LogP contribution >= 0.6 is 0 Å². The first kappa shape index (κ1) is 15.2. The number of nitrogens with zero attached hydrogens (tertiary/aromatic N) is 3. The SMILES string of the molecule is O=C(c1n[nH]c2c1CCCCC2)N1CC[C@@H](Oc2ccncc2)C1. The molecule has 1 atom stereocenters. The second kappa shape index (κ2) is 6.63. The van der Waals surface area contributed by atoms with Crippen molar-refractivity contribution >= 4 is 5.91 Å². The van der Waals surface area contributed by atoms with Crippen LogP contribution in [0.2, 0.25) is 0 Å². The first-order chi connectivity index (χ1) is 11.8. The number of hydrogen-bond acceptors (Lipinski definition) is 4. The molecule has 2 aromatic heterocycles. The van der Waals surface area contributed by atoms with E-state index in [9.17, 15) is 4.79 Å². The van der Waals surface area contributed by atoms with Crippen LogP contribution in [0.4, 0.5) is 0 Å². The van der Waals surface area contributed by atoms with Crippen LogP contribution in [0.5, 0.6) is 5.75 Å². The Morgan fingerprint density at radius 1 is 1.21 bits per heavy atom. The molecule has 126 valence electrons. The Bertz CT molecular complexity index is 713. The Balaban J connectivity index is 1.44. The van der Waals surface area contributed by atoms with Gasteiger partial charge < -0.3 is 9.64 Å². The highest BCUT2D eigenvalue weighted by Gasteiger charge is 2.31. The number of H-pyrrole nitrogens is 1. The molecule has 2 aromatic rings. The summed E-state index contributed by atoms with van der Waals surface area (Å²) in [7, 11) is 0. The number of nitrogens with one attached hydrogen (secondary N) is 1. The zero-order valence-electron chi connectivity index (χ0n) is 13.7. The van der Waals surface area contributed by atoms with Crippen LogP contribution in [-0.4, -0.2) is 45.2 Å². The van der Waals surface area contributed by atoms with E-state index in [1.807, 2.05) is 17.0 Å². The molecule has 0 radical (unpaired) electrons. The highest BCUT2D eigenvalue weighted by atomic mass is 16.5. The Morgan fingerprint density at radius 3 is 2.92 bits per heavy atom. The minimum Gasteiger partial charge on any atom is -0.488 e. The zero-order chi connectivity index (χ0) is 16.4. The molecule has 0 unspecified atom stereocenters. The van der Waals surface area contributed by atoms with E-state index in [0.29, 0.717) is 12.2 Å². The molecule has 2 aliphatic rings. The van der Waals surface area contributed by atoms with E-state index >= 15 is 0 Å². The van der Waals surface area contributed by atoms with Crippen LogP contribution in [0.15, 0.2) is 24.5 Å². The normalized spacial score (nSPS) is 20.5. The number of likely N-dealkylation sites (tertiary alicyclic amines) is 1. The average Bonchev–Trinajstić information content (AvgIpc) is 3.16. The van der Waals surface area contributed by atoms with Gasteiger partial charge in [-0.05, 0) is 37.8 Å². The fourth-order valence-corrected chi connectivity index (χ4v) is 3.60. The Morgan fingerprint density at radius 2 is 2.04 bits per heavy atom. The molecular formula is C18H22N4O2. The summed E-state index contributed by atoms with van der Waals surface area (Å²) in [5, 5.41) is 7.41. The molecule has 6 heteroatoms. The molecule has 0 saturated carbocycles. The van der Waals surface area contributed by atoms with Crippen molar-refractivity contribution in [3.8, 4) is 5.75 Å². The smallest absolute Gasteiger partial charge is 0.274 e. The summed E-state index contributed by atoms with van der Waals surface area (Å²) in [4.78, 5) is 18.7. The molecule has 0 spiro atoms. The number of rotatable bonds is 3. The van der Waals surface area contributed by atoms with Gasteiger partial charge in [0.1, 0.15) is 11.9 Å². The fraction of sp³-hybridized carbons (Fsp3) is 0.500.